The molecule has 2 saturated carbocycles. The molecule has 2 aliphatic carbocycles. The largest absolute Gasteiger partial charge is 0.390 e. The molecule has 3 fully saturated rings. The van der Waals surface area contributed by atoms with Gasteiger partial charge in [-0.2, -0.15) is 8.42 Å². The van der Waals surface area contributed by atoms with Crippen LogP contribution in [0, 0.1) is 11.8 Å². The molecule has 1 aromatic heterocycles. The van der Waals surface area contributed by atoms with Crippen LogP contribution in [0.3, 0.4) is 0 Å². The third-order valence-electron chi connectivity index (χ3n) is 8.70. The number of fused-ring (bicyclic) bond motifs is 1. The van der Waals surface area contributed by atoms with Crippen LogP contribution in [0.1, 0.15) is 63.9 Å². The van der Waals surface area contributed by atoms with Crippen LogP contribution in [0.25, 0.3) is 0 Å². The van der Waals surface area contributed by atoms with E-state index < -0.39 is 15.6 Å². The number of aryl methyl sites for hydroxylation is 1. The van der Waals surface area contributed by atoms with Gasteiger partial charge in [0.1, 0.15) is 0 Å². The molecule has 1 aliphatic heterocycles. The van der Waals surface area contributed by atoms with Crippen LogP contribution >= 0.6 is 0 Å². The number of piperidine rings is 1. The molecule has 0 bridgehead atoms. The molecule has 5 rings (SSSR count). The molecule has 0 radical (unpaired) electrons. The van der Waals surface area contributed by atoms with Gasteiger partial charge in [0, 0.05) is 37.4 Å². The van der Waals surface area contributed by atoms with Crippen LogP contribution in [-0.4, -0.2) is 53.2 Å². The van der Waals surface area contributed by atoms with Gasteiger partial charge in [-0.25, -0.2) is 4.98 Å². The summed E-state index contributed by atoms with van der Waals surface area (Å²) < 4.78 is 29.8. The van der Waals surface area contributed by atoms with E-state index in [-0.39, 0.29) is 10.4 Å². The maximum Gasteiger partial charge on any atom is 0.280 e. The molecule has 1 aromatic carbocycles. The number of rotatable bonds is 9. The Balaban J connectivity index is 1.20. The first-order valence-corrected chi connectivity index (χ1v) is 14.3. The van der Waals surface area contributed by atoms with Crippen LogP contribution in [0.4, 0.5) is 5.69 Å². The van der Waals surface area contributed by atoms with Crippen LogP contribution in [0.15, 0.2) is 41.8 Å². The summed E-state index contributed by atoms with van der Waals surface area (Å²) in [5, 5.41) is 10.8. The number of likely N-dealkylation sites (tertiary alicyclic amines) is 1. The minimum atomic E-state index is -3.70. The van der Waals surface area contributed by atoms with Gasteiger partial charge in [-0.15, -0.1) is 0 Å². The van der Waals surface area contributed by atoms with Crippen molar-refractivity contribution in [1.29, 1.82) is 0 Å². The quantitative estimate of drug-likeness (QED) is 0.561. The second-order valence-corrected chi connectivity index (χ2v) is 12.4. The van der Waals surface area contributed by atoms with E-state index in [1.807, 2.05) is 18.2 Å². The van der Waals surface area contributed by atoms with Crippen LogP contribution in [-0.2, 0) is 22.5 Å². The number of nitrogens with zero attached hydrogens (tertiary/aromatic N) is 3. The molecule has 2 unspecified atom stereocenters. The second kappa shape index (κ2) is 8.95. The van der Waals surface area contributed by atoms with Crippen LogP contribution < -0.4 is 4.72 Å². The van der Waals surface area contributed by atoms with E-state index in [0.717, 1.165) is 51.7 Å². The molecular formula is C26H38N4O3S. The van der Waals surface area contributed by atoms with Crippen LogP contribution in [0.5, 0.6) is 0 Å². The van der Waals surface area contributed by atoms with Gasteiger partial charge in [-0.05, 0) is 68.2 Å². The van der Waals surface area contributed by atoms with Crippen molar-refractivity contribution in [1.82, 2.24) is 14.5 Å². The predicted octanol–water partition coefficient (Wildman–Crippen LogP) is 3.91. The highest BCUT2D eigenvalue weighted by atomic mass is 32.2. The molecule has 3 aliphatic rings. The average molecular weight is 487 g/mol. The molecule has 7 nitrogen and oxygen atoms in total. The number of aliphatic hydroxyl groups is 1. The average Bonchev–Trinajstić information content (AvgIpc) is 3.12. The molecular weight excluding hydrogens is 448 g/mol. The lowest BCUT2D eigenvalue weighted by molar-refractivity contribution is -0.00722. The Morgan fingerprint density at radius 2 is 1.91 bits per heavy atom. The van der Waals surface area contributed by atoms with E-state index in [0.29, 0.717) is 17.5 Å². The van der Waals surface area contributed by atoms with Crippen molar-refractivity contribution in [2.45, 2.75) is 74.3 Å². The number of hydrogen-bond acceptors (Lipinski definition) is 5. The van der Waals surface area contributed by atoms with E-state index in [1.54, 1.807) is 11.6 Å². The van der Waals surface area contributed by atoms with Crippen molar-refractivity contribution in [2.75, 3.05) is 24.4 Å². The fourth-order valence-electron chi connectivity index (χ4n) is 6.85. The first-order valence-electron chi connectivity index (χ1n) is 12.8. The lowest BCUT2D eigenvalue weighted by atomic mass is 9.81. The smallest absolute Gasteiger partial charge is 0.280 e. The minimum Gasteiger partial charge on any atom is -0.390 e. The monoisotopic (exact) mass is 486 g/mol. The van der Waals surface area contributed by atoms with E-state index in [4.69, 9.17) is 0 Å². The van der Waals surface area contributed by atoms with Crippen molar-refractivity contribution < 1.29 is 13.5 Å². The first-order chi connectivity index (χ1) is 16.3. The van der Waals surface area contributed by atoms with Crippen molar-refractivity contribution >= 4 is 15.7 Å². The number of anilines is 1. The normalized spacial score (nSPS) is 28.6. The maximum atomic E-state index is 12.7. The van der Waals surface area contributed by atoms with Gasteiger partial charge in [0.05, 0.1) is 11.9 Å². The molecule has 1 saturated heterocycles. The van der Waals surface area contributed by atoms with Crippen molar-refractivity contribution in [3.8, 4) is 0 Å². The maximum absolute atomic E-state index is 12.7. The number of nitrogens with one attached hydrogen (secondary N) is 1. The summed E-state index contributed by atoms with van der Waals surface area (Å²) in [6.45, 7) is 5.52. The Labute approximate surface area is 203 Å². The molecule has 2 N–H and O–H groups in total. The Morgan fingerprint density at radius 3 is 2.56 bits per heavy atom. The van der Waals surface area contributed by atoms with E-state index in [1.165, 1.54) is 37.4 Å². The molecule has 2 aromatic rings. The number of benzene rings is 1. The molecule has 8 heteroatoms. The Bertz CT molecular complexity index is 1110. The van der Waals surface area contributed by atoms with Gasteiger partial charge in [-0.1, -0.05) is 38.3 Å². The van der Waals surface area contributed by atoms with E-state index in [9.17, 15) is 13.5 Å². The molecule has 186 valence electrons. The Hall–Kier alpha value is -1.90. The second-order valence-electron chi connectivity index (χ2n) is 10.8. The van der Waals surface area contributed by atoms with Gasteiger partial charge in [0.15, 0.2) is 5.03 Å². The van der Waals surface area contributed by atoms with Gasteiger partial charge in [0.25, 0.3) is 10.0 Å². The molecule has 2 atom stereocenters. The number of hydrogen-bond donors (Lipinski definition) is 2. The van der Waals surface area contributed by atoms with Gasteiger partial charge in [0.2, 0.25) is 0 Å². The lowest BCUT2D eigenvalue weighted by Crippen LogP contribution is -2.34. The SMILES string of the molecule is CCC1(c2cccc(NS(=O)(=O)c3cn(C)cn3)c2)C2CN(CCCC3(O)CCCCC3)CC21. The predicted molar refractivity (Wildman–Crippen MR) is 133 cm³/mol. The third kappa shape index (κ3) is 4.40. The third-order valence-corrected chi connectivity index (χ3v) is 9.97. The topological polar surface area (TPSA) is 87.5 Å². The molecule has 2 heterocycles. The summed E-state index contributed by atoms with van der Waals surface area (Å²) in [7, 11) is -1.95. The Morgan fingerprint density at radius 1 is 1.18 bits per heavy atom. The zero-order valence-corrected chi connectivity index (χ0v) is 21.2. The lowest BCUT2D eigenvalue weighted by Gasteiger charge is -2.33. The molecule has 34 heavy (non-hydrogen) atoms. The van der Waals surface area contributed by atoms with Gasteiger partial charge >= 0.3 is 0 Å². The highest BCUT2D eigenvalue weighted by molar-refractivity contribution is 7.92. The highest BCUT2D eigenvalue weighted by Crippen LogP contribution is 2.65. The summed E-state index contributed by atoms with van der Waals surface area (Å²) in [6.07, 6.45) is 11.6. The summed E-state index contributed by atoms with van der Waals surface area (Å²) in [4.78, 5) is 6.56. The summed E-state index contributed by atoms with van der Waals surface area (Å²) >= 11 is 0. The zero-order valence-electron chi connectivity index (χ0n) is 20.4. The molecule has 0 amide bonds. The molecule has 0 spiro atoms. The summed E-state index contributed by atoms with van der Waals surface area (Å²) in [6, 6.07) is 7.95. The fraction of sp³-hybridized carbons (Fsp3) is 0.654. The van der Waals surface area contributed by atoms with Gasteiger partial charge < -0.3 is 14.6 Å². The number of aromatic nitrogens is 2. The minimum absolute atomic E-state index is 0.0300. The zero-order chi connectivity index (χ0) is 24.0. The van der Waals surface area contributed by atoms with E-state index in [2.05, 4.69) is 27.6 Å². The fourth-order valence-corrected chi connectivity index (χ4v) is 7.89. The highest BCUT2D eigenvalue weighted by Gasteiger charge is 2.67. The first kappa shape index (κ1) is 23.8. The Kier molecular flexibility index (Phi) is 6.27. The summed E-state index contributed by atoms with van der Waals surface area (Å²) in [5.74, 6) is 1.25. The van der Waals surface area contributed by atoms with Crippen LogP contribution in [0.2, 0.25) is 0 Å². The number of imidazole rings is 1. The number of sulfonamides is 1. The standard InChI is InChI=1S/C26H38N4O3S/c1-3-26(20-9-7-10-21(15-20)28-34(32,33)24-18-29(2)19-27-24)22-16-30(17-23(22)26)14-8-13-25(31)11-5-4-6-12-25/h7,9-10,15,18-19,22-23,28,31H,3-6,8,11-14,16-17H2,1-2H3. The van der Waals surface area contributed by atoms with Crippen molar-refractivity contribution in [2.24, 2.45) is 18.9 Å². The van der Waals surface area contributed by atoms with E-state index >= 15 is 0 Å². The summed E-state index contributed by atoms with van der Waals surface area (Å²) in [5.41, 5.74) is 1.56. The van der Waals surface area contributed by atoms with Crippen molar-refractivity contribution in [3.05, 3.63) is 42.4 Å². The van der Waals surface area contributed by atoms with Crippen molar-refractivity contribution in [3.63, 3.8) is 0 Å². The van der Waals surface area contributed by atoms with Gasteiger partial charge in [-0.3, -0.25) is 4.72 Å².